The number of hydrogen-bond donors (Lipinski definition) is 0. The minimum absolute atomic E-state index is 0.871. The third-order valence-electron chi connectivity index (χ3n) is 5.38. The highest BCUT2D eigenvalue weighted by Gasteiger charge is 2.38. The van der Waals surface area contributed by atoms with E-state index < -0.39 is 0 Å². The Morgan fingerprint density at radius 3 is 1.35 bits per heavy atom. The summed E-state index contributed by atoms with van der Waals surface area (Å²) in [4.78, 5) is 0. The van der Waals surface area contributed by atoms with Crippen LogP contribution in [0.1, 0.15) is 73.6 Å². The molecular formula is C17H34. The summed E-state index contributed by atoms with van der Waals surface area (Å²) in [5.74, 6) is 5.72. The summed E-state index contributed by atoms with van der Waals surface area (Å²) in [5, 5.41) is 0. The summed E-state index contributed by atoms with van der Waals surface area (Å²) < 4.78 is 0. The Balaban J connectivity index is 2.77. The van der Waals surface area contributed by atoms with E-state index in [0.29, 0.717) is 0 Å². The van der Waals surface area contributed by atoms with Gasteiger partial charge < -0.3 is 0 Å². The smallest absolute Gasteiger partial charge is 0.0352 e. The van der Waals surface area contributed by atoms with Crippen LogP contribution in [0.4, 0.5) is 0 Å². The molecule has 4 unspecified atom stereocenters. The predicted octanol–water partition coefficient (Wildman–Crippen LogP) is 5.77. The molecule has 0 saturated heterocycles. The van der Waals surface area contributed by atoms with Crippen LogP contribution in [0.25, 0.3) is 0 Å². The van der Waals surface area contributed by atoms with Gasteiger partial charge in [0.2, 0.25) is 0 Å². The summed E-state index contributed by atoms with van der Waals surface area (Å²) in [7, 11) is 0. The first-order chi connectivity index (χ1) is 8.02. The molecule has 0 aromatic rings. The molecule has 0 aromatic carbocycles. The van der Waals surface area contributed by atoms with E-state index in [1.165, 1.54) is 32.1 Å². The van der Waals surface area contributed by atoms with E-state index in [1.54, 1.807) is 0 Å². The Hall–Kier alpha value is 0. The zero-order chi connectivity index (χ0) is 13.0. The Morgan fingerprint density at radius 2 is 1.12 bits per heavy atom. The summed E-state index contributed by atoms with van der Waals surface area (Å²) in [6.45, 7) is 14.5. The predicted molar refractivity (Wildman–Crippen MR) is 78.1 cm³/mol. The van der Waals surface area contributed by atoms with E-state index in [2.05, 4.69) is 41.5 Å². The second kappa shape index (κ2) is 6.81. The van der Waals surface area contributed by atoms with Crippen molar-refractivity contribution >= 4 is 0 Å². The molecule has 0 bridgehead atoms. The highest BCUT2D eigenvalue weighted by atomic mass is 14.4. The fraction of sp³-hybridized carbons (Fsp3) is 1.00. The van der Waals surface area contributed by atoms with Gasteiger partial charge in [-0.2, -0.15) is 0 Å². The van der Waals surface area contributed by atoms with Gasteiger partial charge in [-0.1, -0.05) is 60.8 Å². The molecule has 1 fully saturated rings. The van der Waals surface area contributed by atoms with Gasteiger partial charge in [-0.25, -0.2) is 0 Å². The normalized spacial score (nSPS) is 28.9. The van der Waals surface area contributed by atoms with E-state index in [4.69, 9.17) is 0 Å². The fourth-order valence-corrected chi connectivity index (χ4v) is 4.62. The molecule has 0 aliphatic heterocycles. The summed E-state index contributed by atoms with van der Waals surface area (Å²) >= 11 is 0. The monoisotopic (exact) mass is 238 g/mol. The molecule has 0 radical (unpaired) electrons. The van der Waals surface area contributed by atoms with Gasteiger partial charge in [-0.3, -0.25) is 0 Å². The SMILES string of the molecule is CCC(C(C)C)C1CCCC1C(CC)C(C)C. The van der Waals surface area contributed by atoms with Gasteiger partial charge in [0, 0.05) is 0 Å². The van der Waals surface area contributed by atoms with Crippen molar-refractivity contribution in [2.24, 2.45) is 35.5 Å². The van der Waals surface area contributed by atoms with Gasteiger partial charge in [0.1, 0.15) is 0 Å². The Kier molecular flexibility index (Phi) is 6.03. The van der Waals surface area contributed by atoms with Crippen LogP contribution in [-0.4, -0.2) is 0 Å². The fourth-order valence-electron chi connectivity index (χ4n) is 4.62. The maximum atomic E-state index is 2.43. The van der Waals surface area contributed by atoms with Crippen molar-refractivity contribution in [2.75, 3.05) is 0 Å². The molecule has 1 rings (SSSR count). The van der Waals surface area contributed by atoms with Crippen LogP contribution in [0.5, 0.6) is 0 Å². The van der Waals surface area contributed by atoms with Crippen molar-refractivity contribution in [3.05, 3.63) is 0 Å². The average molecular weight is 238 g/mol. The van der Waals surface area contributed by atoms with Gasteiger partial charge in [0.15, 0.2) is 0 Å². The van der Waals surface area contributed by atoms with Crippen LogP contribution in [0, 0.1) is 35.5 Å². The lowest BCUT2D eigenvalue weighted by Crippen LogP contribution is -2.30. The molecule has 0 nitrogen and oxygen atoms in total. The largest absolute Gasteiger partial charge is 0.0651 e. The molecule has 4 atom stereocenters. The average Bonchev–Trinajstić information content (AvgIpc) is 2.68. The van der Waals surface area contributed by atoms with Gasteiger partial charge in [-0.05, 0) is 48.3 Å². The molecule has 102 valence electrons. The molecule has 0 aromatic heterocycles. The van der Waals surface area contributed by atoms with Crippen molar-refractivity contribution in [3.8, 4) is 0 Å². The number of rotatable bonds is 6. The molecule has 1 aliphatic carbocycles. The Bertz CT molecular complexity index is 182. The lowest BCUT2D eigenvalue weighted by molar-refractivity contribution is 0.123. The third-order valence-corrected chi connectivity index (χ3v) is 5.38. The molecular weight excluding hydrogens is 204 g/mol. The van der Waals surface area contributed by atoms with E-state index in [-0.39, 0.29) is 0 Å². The first kappa shape index (κ1) is 15.1. The molecule has 0 heteroatoms. The molecule has 0 heterocycles. The van der Waals surface area contributed by atoms with Crippen molar-refractivity contribution in [1.29, 1.82) is 0 Å². The van der Waals surface area contributed by atoms with Crippen LogP contribution < -0.4 is 0 Å². The molecule has 0 amide bonds. The first-order valence-electron chi connectivity index (χ1n) is 8.02. The minimum Gasteiger partial charge on any atom is -0.0651 e. The van der Waals surface area contributed by atoms with Gasteiger partial charge in [-0.15, -0.1) is 0 Å². The first-order valence-corrected chi connectivity index (χ1v) is 8.02. The quantitative estimate of drug-likeness (QED) is 0.551. The zero-order valence-electron chi connectivity index (χ0n) is 13.0. The molecule has 0 spiro atoms. The molecule has 1 saturated carbocycles. The van der Waals surface area contributed by atoms with Crippen molar-refractivity contribution < 1.29 is 0 Å². The van der Waals surface area contributed by atoms with E-state index in [9.17, 15) is 0 Å². The van der Waals surface area contributed by atoms with Crippen LogP contribution >= 0.6 is 0 Å². The minimum atomic E-state index is 0.871. The van der Waals surface area contributed by atoms with Gasteiger partial charge in [0.05, 0.1) is 0 Å². The van der Waals surface area contributed by atoms with Gasteiger partial charge >= 0.3 is 0 Å². The maximum absolute atomic E-state index is 2.43. The van der Waals surface area contributed by atoms with Crippen LogP contribution in [-0.2, 0) is 0 Å². The van der Waals surface area contributed by atoms with E-state index in [0.717, 1.165) is 35.5 Å². The Morgan fingerprint density at radius 1 is 0.765 bits per heavy atom. The van der Waals surface area contributed by atoms with Crippen LogP contribution in [0.2, 0.25) is 0 Å². The second-order valence-electron chi connectivity index (χ2n) is 6.89. The lowest BCUT2D eigenvalue weighted by atomic mass is 9.69. The zero-order valence-corrected chi connectivity index (χ0v) is 13.0. The van der Waals surface area contributed by atoms with Crippen LogP contribution in [0.3, 0.4) is 0 Å². The van der Waals surface area contributed by atoms with E-state index >= 15 is 0 Å². The highest BCUT2D eigenvalue weighted by molar-refractivity contribution is 4.88. The molecule has 17 heavy (non-hydrogen) atoms. The molecule has 1 aliphatic rings. The van der Waals surface area contributed by atoms with Crippen molar-refractivity contribution in [3.63, 3.8) is 0 Å². The second-order valence-corrected chi connectivity index (χ2v) is 6.89. The summed E-state index contributed by atoms with van der Waals surface area (Å²) in [6.07, 6.45) is 7.26. The van der Waals surface area contributed by atoms with E-state index in [1.807, 2.05) is 0 Å². The van der Waals surface area contributed by atoms with Crippen LogP contribution in [0.15, 0.2) is 0 Å². The van der Waals surface area contributed by atoms with Gasteiger partial charge in [0.25, 0.3) is 0 Å². The lowest BCUT2D eigenvalue weighted by Gasteiger charge is -2.37. The Labute approximate surface area is 110 Å². The maximum Gasteiger partial charge on any atom is -0.0352 e. The highest BCUT2D eigenvalue weighted by Crippen LogP contribution is 2.47. The van der Waals surface area contributed by atoms with Crippen molar-refractivity contribution in [1.82, 2.24) is 0 Å². The summed E-state index contributed by atoms with van der Waals surface area (Å²) in [6, 6.07) is 0. The third kappa shape index (κ3) is 3.48. The topological polar surface area (TPSA) is 0 Å². The standard InChI is InChI=1S/C17H34/c1-7-14(12(3)4)16-10-9-11-17(16)15(8-2)13(5)6/h12-17H,7-11H2,1-6H3. The number of hydrogen-bond acceptors (Lipinski definition) is 0. The van der Waals surface area contributed by atoms with Crippen molar-refractivity contribution in [2.45, 2.75) is 73.6 Å². The summed E-state index contributed by atoms with van der Waals surface area (Å²) in [5.41, 5.74) is 0. The molecule has 0 N–H and O–H groups in total.